The van der Waals surface area contributed by atoms with E-state index < -0.39 is 6.04 Å². The van der Waals surface area contributed by atoms with Crippen molar-refractivity contribution in [2.75, 3.05) is 13.1 Å². The zero-order valence-corrected chi connectivity index (χ0v) is 13.6. The smallest absolute Gasteiger partial charge is 0.315 e. The summed E-state index contributed by atoms with van der Waals surface area (Å²) in [6, 6.07) is 5.41. The fourth-order valence-corrected chi connectivity index (χ4v) is 2.59. The van der Waals surface area contributed by atoms with Crippen LogP contribution < -0.4 is 16.0 Å². The van der Waals surface area contributed by atoms with Crippen LogP contribution in [0, 0.1) is 5.82 Å². The molecule has 1 aromatic carbocycles. The molecule has 1 saturated heterocycles. The first-order chi connectivity index (χ1) is 10.9. The van der Waals surface area contributed by atoms with Crippen LogP contribution in [0.15, 0.2) is 24.3 Å². The minimum Gasteiger partial charge on any atom is -0.354 e. The Bertz CT molecular complexity index is 557. The van der Waals surface area contributed by atoms with Gasteiger partial charge in [0.1, 0.15) is 11.9 Å². The second-order valence-electron chi connectivity index (χ2n) is 6.56. The van der Waals surface area contributed by atoms with Gasteiger partial charge >= 0.3 is 6.03 Å². The first-order valence-electron chi connectivity index (χ1n) is 7.96. The number of nitrogens with one attached hydrogen (secondary N) is 3. The molecule has 2 rings (SSSR count). The summed E-state index contributed by atoms with van der Waals surface area (Å²) in [5.41, 5.74) is 0.600. The van der Waals surface area contributed by atoms with Gasteiger partial charge in [0.05, 0.1) is 0 Å². The van der Waals surface area contributed by atoms with E-state index in [1.807, 2.05) is 13.8 Å². The molecular weight excluding hydrogens is 297 g/mol. The molecule has 0 aliphatic carbocycles. The summed E-state index contributed by atoms with van der Waals surface area (Å²) in [5.74, 6) is -0.412. The molecule has 0 bridgehead atoms. The van der Waals surface area contributed by atoms with Crippen molar-refractivity contribution in [3.63, 3.8) is 0 Å². The van der Waals surface area contributed by atoms with Gasteiger partial charge in [0.15, 0.2) is 0 Å². The molecule has 5 nitrogen and oxygen atoms in total. The van der Waals surface area contributed by atoms with Gasteiger partial charge in [-0.1, -0.05) is 26.0 Å². The Morgan fingerprint density at radius 3 is 2.70 bits per heavy atom. The number of amides is 3. The molecule has 3 amide bonds. The van der Waals surface area contributed by atoms with E-state index in [0.717, 1.165) is 18.4 Å². The molecule has 0 saturated carbocycles. The summed E-state index contributed by atoms with van der Waals surface area (Å²) < 4.78 is 13.0. The van der Waals surface area contributed by atoms with E-state index in [9.17, 15) is 14.0 Å². The number of carbonyl (C=O) groups is 2. The van der Waals surface area contributed by atoms with E-state index in [4.69, 9.17) is 0 Å². The largest absolute Gasteiger partial charge is 0.354 e. The monoisotopic (exact) mass is 321 g/mol. The Hall–Kier alpha value is -2.11. The molecule has 0 spiro atoms. The minimum absolute atomic E-state index is 0.129. The molecule has 0 unspecified atom stereocenters. The van der Waals surface area contributed by atoms with Crippen LogP contribution in [-0.4, -0.2) is 31.1 Å². The Morgan fingerprint density at radius 2 is 2.00 bits per heavy atom. The average Bonchev–Trinajstić information content (AvgIpc) is 2.71. The van der Waals surface area contributed by atoms with Crippen LogP contribution in [0.5, 0.6) is 0 Å². The lowest BCUT2D eigenvalue weighted by molar-refractivity contribution is -0.122. The highest BCUT2D eigenvalue weighted by Crippen LogP contribution is 2.22. The highest BCUT2D eigenvalue weighted by molar-refractivity contribution is 5.87. The summed E-state index contributed by atoms with van der Waals surface area (Å²) in [6.45, 7) is 4.99. The number of benzene rings is 1. The molecule has 1 heterocycles. The maximum absolute atomic E-state index is 13.0. The maximum Gasteiger partial charge on any atom is 0.315 e. The van der Waals surface area contributed by atoms with Gasteiger partial charge in [-0.2, -0.15) is 0 Å². The fraction of sp³-hybridized carbons (Fsp3) is 0.529. The molecule has 1 fully saturated rings. The molecule has 23 heavy (non-hydrogen) atoms. The van der Waals surface area contributed by atoms with E-state index in [0.29, 0.717) is 19.5 Å². The molecule has 0 aromatic heterocycles. The van der Waals surface area contributed by atoms with Gasteiger partial charge in [0.25, 0.3) is 0 Å². The Labute approximate surface area is 136 Å². The van der Waals surface area contributed by atoms with Crippen molar-refractivity contribution in [3.8, 4) is 0 Å². The van der Waals surface area contributed by atoms with Gasteiger partial charge in [-0.3, -0.25) is 4.79 Å². The van der Waals surface area contributed by atoms with Crippen LogP contribution in [0.1, 0.15) is 38.7 Å². The predicted molar refractivity (Wildman–Crippen MR) is 86.6 cm³/mol. The average molecular weight is 321 g/mol. The SMILES string of the molecule is CC(C)(CNC(=O)N[C@H]1CCCCNC1=O)c1ccc(F)cc1. The van der Waals surface area contributed by atoms with Gasteiger partial charge in [-0.05, 0) is 37.0 Å². The quantitative estimate of drug-likeness (QED) is 0.794. The molecule has 3 N–H and O–H groups in total. The Morgan fingerprint density at radius 1 is 1.30 bits per heavy atom. The molecular formula is C17H24FN3O2. The van der Waals surface area contributed by atoms with E-state index in [1.165, 1.54) is 12.1 Å². The first-order valence-corrected chi connectivity index (χ1v) is 7.96. The highest BCUT2D eigenvalue weighted by Gasteiger charge is 2.25. The zero-order chi connectivity index (χ0) is 16.9. The lowest BCUT2D eigenvalue weighted by Crippen LogP contribution is -2.50. The van der Waals surface area contributed by atoms with Crippen LogP contribution in [0.2, 0.25) is 0 Å². The van der Waals surface area contributed by atoms with Crippen LogP contribution in [0.25, 0.3) is 0 Å². The summed E-state index contributed by atoms with van der Waals surface area (Å²) >= 11 is 0. The van der Waals surface area contributed by atoms with Crippen molar-refractivity contribution in [2.24, 2.45) is 0 Å². The second-order valence-corrected chi connectivity index (χ2v) is 6.56. The first kappa shape index (κ1) is 17.2. The number of hydrogen-bond acceptors (Lipinski definition) is 2. The summed E-state index contributed by atoms with van der Waals surface area (Å²) in [7, 11) is 0. The normalized spacial score (nSPS) is 18.7. The van der Waals surface area contributed by atoms with E-state index >= 15 is 0 Å². The van der Waals surface area contributed by atoms with Gasteiger partial charge < -0.3 is 16.0 Å². The Balaban J connectivity index is 1.87. The second kappa shape index (κ2) is 7.44. The van der Waals surface area contributed by atoms with Gasteiger partial charge in [0.2, 0.25) is 5.91 Å². The van der Waals surface area contributed by atoms with E-state index in [-0.39, 0.29) is 23.2 Å². The van der Waals surface area contributed by atoms with Crippen molar-refractivity contribution in [1.82, 2.24) is 16.0 Å². The minimum atomic E-state index is -0.480. The van der Waals surface area contributed by atoms with Crippen LogP contribution in [0.4, 0.5) is 9.18 Å². The van der Waals surface area contributed by atoms with E-state index in [1.54, 1.807) is 12.1 Å². The summed E-state index contributed by atoms with van der Waals surface area (Å²) in [6.07, 6.45) is 2.49. The third-order valence-corrected chi connectivity index (χ3v) is 4.16. The molecule has 6 heteroatoms. The van der Waals surface area contributed by atoms with Crippen molar-refractivity contribution >= 4 is 11.9 Å². The predicted octanol–water partition coefficient (Wildman–Crippen LogP) is 2.07. The molecule has 1 aliphatic rings. The zero-order valence-electron chi connectivity index (χ0n) is 13.6. The molecule has 1 aliphatic heterocycles. The van der Waals surface area contributed by atoms with Crippen LogP contribution in [0.3, 0.4) is 0 Å². The number of hydrogen-bond donors (Lipinski definition) is 3. The van der Waals surface area contributed by atoms with Gasteiger partial charge in [-0.15, -0.1) is 0 Å². The topological polar surface area (TPSA) is 70.2 Å². The highest BCUT2D eigenvalue weighted by atomic mass is 19.1. The maximum atomic E-state index is 13.0. The van der Waals surface area contributed by atoms with Gasteiger partial charge in [0, 0.05) is 18.5 Å². The number of carbonyl (C=O) groups excluding carboxylic acids is 2. The van der Waals surface area contributed by atoms with Crippen LogP contribution >= 0.6 is 0 Å². The van der Waals surface area contributed by atoms with Crippen molar-refractivity contribution in [3.05, 3.63) is 35.6 Å². The van der Waals surface area contributed by atoms with E-state index in [2.05, 4.69) is 16.0 Å². The third kappa shape index (κ3) is 4.94. The number of urea groups is 1. The van der Waals surface area contributed by atoms with Gasteiger partial charge in [-0.25, -0.2) is 9.18 Å². The lowest BCUT2D eigenvalue weighted by Gasteiger charge is -2.26. The molecule has 0 radical (unpaired) electrons. The third-order valence-electron chi connectivity index (χ3n) is 4.16. The fourth-order valence-electron chi connectivity index (χ4n) is 2.59. The molecule has 126 valence electrons. The summed E-state index contributed by atoms with van der Waals surface area (Å²) in [4.78, 5) is 23.9. The summed E-state index contributed by atoms with van der Waals surface area (Å²) in [5, 5.41) is 8.31. The van der Waals surface area contributed by atoms with Crippen molar-refractivity contribution < 1.29 is 14.0 Å². The Kier molecular flexibility index (Phi) is 5.58. The molecule has 1 aromatic rings. The van der Waals surface area contributed by atoms with Crippen molar-refractivity contribution in [2.45, 2.75) is 44.6 Å². The lowest BCUT2D eigenvalue weighted by atomic mass is 9.84. The standard InChI is InChI=1S/C17H24FN3O2/c1-17(2,12-6-8-13(18)9-7-12)11-20-16(23)21-14-5-3-4-10-19-15(14)22/h6-9,14H,3-5,10-11H2,1-2H3,(H,19,22)(H2,20,21,23)/t14-/m0/s1. The number of halogens is 1. The van der Waals surface area contributed by atoms with Crippen LogP contribution in [-0.2, 0) is 10.2 Å². The molecule has 1 atom stereocenters. The van der Waals surface area contributed by atoms with Crippen molar-refractivity contribution in [1.29, 1.82) is 0 Å². The number of rotatable bonds is 4.